The number of aromatic amines is 1. The second kappa shape index (κ2) is 4.89. The fraction of sp³-hybridized carbons (Fsp3) is 0.769. The number of hydrogen-bond donors (Lipinski definition) is 1. The second-order valence-electron chi connectivity index (χ2n) is 5.53. The van der Waals surface area contributed by atoms with E-state index in [4.69, 9.17) is 0 Å². The zero-order valence-corrected chi connectivity index (χ0v) is 11.3. The topological polar surface area (TPSA) is 37.8 Å². The molecule has 16 heavy (non-hydrogen) atoms. The van der Waals surface area contributed by atoms with Gasteiger partial charge in [-0.25, -0.2) is 0 Å². The summed E-state index contributed by atoms with van der Waals surface area (Å²) in [7, 11) is 0. The van der Waals surface area contributed by atoms with Crippen molar-refractivity contribution in [3.8, 4) is 0 Å². The first-order chi connectivity index (χ1) is 7.34. The van der Waals surface area contributed by atoms with E-state index in [1.807, 2.05) is 13.8 Å². The number of nitrogens with one attached hydrogen (secondary N) is 1. The molecular formula is C13H24N2O. The van der Waals surface area contributed by atoms with Crippen molar-refractivity contribution in [2.45, 2.75) is 59.9 Å². The van der Waals surface area contributed by atoms with Gasteiger partial charge in [0.05, 0.1) is 0 Å². The SMILES string of the molecule is CC(C)Cc1c(C(C)C)[nH]n(C(C)C)c1=O. The average molecular weight is 224 g/mol. The maximum Gasteiger partial charge on any atom is 0.270 e. The summed E-state index contributed by atoms with van der Waals surface area (Å²) in [6.45, 7) is 12.6. The summed E-state index contributed by atoms with van der Waals surface area (Å²) in [6.07, 6.45) is 0.864. The van der Waals surface area contributed by atoms with Gasteiger partial charge in [-0.2, -0.15) is 0 Å². The van der Waals surface area contributed by atoms with Crippen molar-refractivity contribution in [2.75, 3.05) is 0 Å². The van der Waals surface area contributed by atoms with Crippen LogP contribution in [0, 0.1) is 5.92 Å². The Balaban J connectivity index is 3.26. The van der Waals surface area contributed by atoms with Crippen molar-refractivity contribution in [1.82, 2.24) is 9.78 Å². The highest BCUT2D eigenvalue weighted by molar-refractivity contribution is 5.21. The van der Waals surface area contributed by atoms with Gasteiger partial charge < -0.3 is 0 Å². The molecule has 3 nitrogen and oxygen atoms in total. The van der Waals surface area contributed by atoms with Crippen molar-refractivity contribution < 1.29 is 0 Å². The van der Waals surface area contributed by atoms with Crippen LogP contribution in [0.3, 0.4) is 0 Å². The van der Waals surface area contributed by atoms with E-state index in [0.29, 0.717) is 11.8 Å². The zero-order chi connectivity index (χ0) is 12.5. The summed E-state index contributed by atoms with van der Waals surface area (Å²) in [5, 5.41) is 3.26. The van der Waals surface area contributed by atoms with Crippen molar-refractivity contribution in [3.63, 3.8) is 0 Å². The van der Waals surface area contributed by atoms with Crippen LogP contribution in [0.5, 0.6) is 0 Å². The van der Waals surface area contributed by atoms with Gasteiger partial charge in [-0.3, -0.25) is 14.6 Å². The molecule has 1 aromatic rings. The molecule has 0 aliphatic carbocycles. The molecule has 0 aliphatic rings. The first kappa shape index (κ1) is 13.1. The Kier molecular flexibility index (Phi) is 4.00. The lowest BCUT2D eigenvalue weighted by Crippen LogP contribution is -2.21. The van der Waals surface area contributed by atoms with Crippen LogP contribution < -0.4 is 5.56 Å². The molecule has 0 saturated carbocycles. The molecule has 0 unspecified atom stereocenters. The minimum atomic E-state index is 0.160. The summed E-state index contributed by atoms with van der Waals surface area (Å²) >= 11 is 0. The van der Waals surface area contributed by atoms with Crippen molar-refractivity contribution in [2.24, 2.45) is 5.92 Å². The Morgan fingerprint density at radius 3 is 2.06 bits per heavy atom. The first-order valence-electron chi connectivity index (χ1n) is 6.17. The summed E-state index contributed by atoms with van der Waals surface area (Å²) in [5.41, 5.74) is 2.23. The standard InChI is InChI=1S/C13H24N2O/c1-8(2)7-11-12(9(3)4)14-15(10(5)6)13(11)16/h8-10,14H,7H2,1-6H3. The third-order valence-electron chi connectivity index (χ3n) is 2.75. The van der Waals surface area contributed by atoms with Crippen molar-refractivity contribution in [3.05, 3.63) is 21.6 Å². The van der Waals surface area contributed by atoms with Crippen LogP contribution in [-0.4, -0.2) is 9.78 Å². The van der Waals surface area contributed by atoms with Crippen molar-refractivity contribution >= 4 is 0 Å². The Bertz CT molecular complexity index is 397. The Hall–Kier alpha value is -0.990. The highest BCUT2D eigenvalue weighted by atomic mass is 16.1. The molecule has 92 valence electrons. The fourth-order valence-electron chi connectivity index (χ4n) is 1.96. The molecule has 0 saturated heterocycles. The zero-order valence-electron chi connectivity index (χ0n) is 11.3. The van der Waals surface area contributed by atoms with Crippen LogP contribution in [0.2, 0.25) is 0 Å². The number of aromatic nitrogens is 2. The third-order valence-corrected chi connectivity index (χ3v) is 2.75. The monoisotopic (exact) mass is 224 g/mol. The van der Waals surface area contributed by atoms with Gasteiger partial charge in [0.15, 0.2) is 0 Å². The van der Waals surface area contributed by atoms with Crippen LogP contribution in [0.15, 0.2) is 4.79 Å². The van der Waals surface area contributed by atoms with Gasteiger partial charge in [0, 0.05) is 17.3 Å². The van der Waals surface area contributed by atoms with E-state index < -0.39 is 0 Å². The molecule has 0 radical (unpaired) electrons. The molecule has 3 heteroatoms. The van der Waals surface area contributed by atoms with Gasteiger partial charge in [-0.1, -0.05) is 27.7 Å². The first-order valence-corrected chi connectivity index (χ1v) is 6.17. The van der Waals surface area contributed by atoms with Gasteiger partial charge in [0.25, 0.3) is 5.56 Å². The predicted octanol–water partition coefficient (Wildman–Crippen LogP) is 3.08. The van der Waals surface area contributed by atoms with Crippen molar-refractivity contribution in [1.29, 1.82) is 0 Å². The van der Waals surface area contributed by atoms with E-state index in [1.165, 1.54) is 0 Å². The number of H-pyrrole nitrogens is 1. The van der Waals surface area contributed by atoms with Gasteiger partial charge in [0.1, 0.15) is 0 Å². The van der Waals surface area contributed by atoms with E-state index in [9.17, 15) is 4.79 Å². The smallest absolute Gasteiger partial charge is 0.270 e. The summed E-state index contributed by atoms with van der Waals surface area (Å²) in [5.74, 6) is 0.892. The molecule has 1 N–H and O–H groups in total. The second-order valence-corrected chi connectivity index (χ2v) is 5.53. The lowest BCUT2D eigenvalue weighted by atomic mass is 9.98. The third kappa shape index (κ3) is 2.57. The van der Waals surface area contributed by atoms with Crippen LogP contribution in [-0.2, 0) is 6.42 Å². The number of nitrogens with zero attached hydrogens (tertiary/aromatic N) is 1. The molecule has 0 spiro atoms. The molecule has 0 fully saturated rings. The summed E-state index contributed by atoms with van der Waals surface area (Å²) in [4.78, 5) is 12.2. The van der Waals surface area contributed by atoms with E-state index in [1.54, 1.807) is 4.68 Å². The Labute approximate surface area is 97.8 Å². The molecule has 0 aromatic carbocycles. The lowest BCUT2D eigenvalue weighted by Gasteiger charge is -2.07. The van der Waals surface area contributed by atoms with Crippen LogP contribution in [0.25, 0.3) is 0 Å². The quantitative estimate of drug-likeness (QED) is 0.838. The van der Waals surface area contributed by atoms with Gasteiger partial charge in [0.2, 0.25) is 0 Å². The molecule has 1 rings (SSSR count). The molecule has 1 heterocycles. The number of hydrogen-bond acceptors (Lipinski definition) is 1. The van der Waals surface area contributed by atoms with Crippen LogP contribution in [0.1, 0.15) is 64.8 Å². The van der Waals surface area contributed by atoms with E-state index in [2.05, 4.69) is 32.8 Å². The molecule has 0 aliphatic heterocycles. The Morgan fingerprint density at radius 2 is 1.69 bits per heavy atom. The van der Waals surface area contributed by atoms with E-state index in [-0.39, 0.29) is 11.6 Å². The highest BCUT2D eigenvalue weighted by Crippen LogP contribution is 2.18. The van der Waals surface area contributed by atoms with E-state index in [0.717, 1.165) is 17.7 Å². The minimum absolute atomic E-state index is 0.160. The highest BCUT2D eigenvalue weighted by Gasteiger charge is 2.18. The Morgan fingerprint density at radius 1 is 1.12 bits per heavy atom. The van der Waals surface area contributed by atoms with Crippen LogP contribution >= 0.6 is 0 Å². The molecule has 1 aromatic heterocycles. The minimum Gasteiger partial charge on any atom is -0.299 e. The van der Waals surface area contributed by atoms with Gasteiger partial charge in [-0.15, -0.1) is 0 Å². The lowest BCUT2D eigenvalue weighted by molar-refractivity contribution is 0.508. The largest absolute Gasteiger partial charge is 0.299 e. The summed E-state index contributed by atoms with van der Waals surface area (Å²) < 4.78 is 1.74. The fourth-order valence-corrected chi connectivity index (χ4v) is 1.96. The molecule has 0 amide bonds. The summed E-state index contributed by atoms with van der Waals surface area (Å²) in [6, 6.07) is 0.200. The maximum absolute atomic E-state index is 12.2. The maximum atomic E-state index is 12.2. The molecule has 0 atom stereocenters. The molecular weight excluding hydrogens is 200 g/mol. The van der Waals surface area contributed by atoms with Gasteiger partial charge in [-0.05, 0) is 32.1 Å². The van der Waals surface area contributed by atoms with Gasteiger partial charge >= 0.3 is 0 Å². The predicted molar refractivity (Wildman–Crippen MR) is 68.1 cm³/mol. The molecule has 0 bridgehead atoms. The van der Waals surface area contributed by atoms with Crippen LogP contribution in [0.4, 0.5) is 0 Å². The normalized spacial score (nSPS) is 12.1. The average Bonchev–Trinajstić information content (AvgIpc) is 2.43. The van der Waals surface area contributed by atoms with E-state index >= 15 is 0 Å². The number of rotatable bonds is 4.